The van der Waals surface area contributed by atoms with Gasteiger partial charge in [-0.25, -0.2) is 0 Å². The van der Waals surface area contributed by atoms with E-state index in [4.69, 9.17) is 9.84 Å². The summed E-state index contributed by atoms with van der Waals surface area (Å²) in [5.41, 5.74) is 0. The van der Waals surface area contributed by atoms with Crippen LogP contribution < -0.4 is 21.0 Å². The molecular weight excluding hydrogens is 343 g/mol. The van der Waals surface area contributed by atoms with Crippen molar-refractivity contribution in [2.75, 3.05) is 13.5 Å². The van der Waals surface area contributed by atoms with Crippen molar-refractivity contribution in [1.29, 1.82) is 0 Å². The minimum atomic E-state index is -2.05. The van der Waals surface area contributed by atoms with E-state index in [0.717, 1.165) is 7.11 Å². The first-order valence-corrected chi connectivity index (χ1v) is 10.3. The lowest BCUT2D eigenvalue weighted by molar-refractivity contribution is -0.325. The summed E-state index contributed by atoms with van der Waals surface area (Å²) in [6.45, 7) is 1.47. The summed E-state index contributed by atoms with van der Waals surface area (Å²) in [5, 5.41) is 11.9. The zero-order valence-corrected chi connectivity index (χ0v) is 15.9. The molecule has 0 unspecified atom stereocenters. The molecule has 3 rings (SSSR count). The quantitative estimate of drug-likeness (QED) is 0.515. The van der Waals surface area contributed by atoms with Crippen LogP contribution in [0.4, 0.5) is 0 Å². The average molecular weight is 366 g/mol. The molecule has 26 heavy (non-hydrogen) atoms. The van der Waals surface area contributed by atoms with Gasteiger partial charge in [0.2, 0.25) is 6.35 Å². The molecule has 0 N–H and O–H groups in total. The Morgan fingerprint density at radius 2 is 1.04 bits per heavy atom. The van der Waals surface area contributed by atoms with Crippen LogP contribution in [0, 0.1) is 0 Å². The maximum absolute atomic E-state index is 11.6. The monoisotopic (exact) mass is 366 g/mol. The zero-order valence-electron chi connectivity index (χ0n) is 15.0. The Labute approximate surface area is 155 Å². The molecule has 3 nitrogen and oxygen atoms in total. The molecule has 0 fully saturated rings. The van der Waals surface area contributed by atoms with E-state index in [9.17, 15) is 4.79 Å². The van der Waals surface area contributed by atoms with E-state index in [1.807, 2.05) is 54.6 Å². The van der Waals surface area contributed by atoms with Crippen LogP contribution in [0.1, 0.15) is 6.92 Å². The summed E-state index contributed by atoms with van der Waals surface area (Å²) in [4.78, 5) is 11.6. The molecule has 3 aromatic rings. The molecule has 0 atom stereocenters. The molecule has 0 radical (unpaired) electrons. The molecule has 0 spiro atoms. The van der Waals surface area contributed by atoms with Crippen LogP contribution in [0.3, 0.4) is 0 Å². The van der Waals surface area contributed by atoms with Crippen LogP contribution in [0.25, 0.3) is 0 Å². The second-order valence-corrected chi connectivity index (χ2v) is 9.01. The third-order valence-electron chi connectivity index (χ3n) is 4.05. The van der Waals surface area contributed by atoms with Gasteiger partial charge < -0.3 is 9.84 Å². The van der Waals surface area contributed by atoms with Gasteiger partial charge in [0, 0.05) is 6.92 Å². The second-order valence-electron chi connectivity index (χ2n) is 5.58. The Kier molecular flexibility index (Phi) is 7.53. The van der Waals surface area contributed by atoms with Crippen molar-refractivity contribution in [3.05, 3.63) is 91.0 Å². The summed E-state index contributed by atoms with van der Waals surface area (Å²) >= 11 is 0. The summed E-state index contributed by atoms with van der Waals surface area (Å²) < 4.78 is 5.58. The number of benzene rings is 3. The first kappa shape index (κ1) is 19.8. The van der Waals surface area contributed by atoms with Crippen molar-refractivity contribution < 1.29 is 14.6 Å². The molecule has 0 bridgehead atoms. The number of hydrogen-bond acceptors (Lipinski definition) is 3. The molecule has 134 valence electrons. The standard InChI is InChI=1S/C21H20O2P.CH3O/c1-18(22)23-17-24(19-11-5-2-6-12-19,20-13-7-3-8-14-20)21-15-9-4-10-16-21;1-2/h2-16H,17H2,1H3;1H3/q+1;-1. The average Bonchev–Trinajstić information content (AvgIpc) is 2.72. The Balaban J connectivity index is 0.00000117. The van der Waals surface area contributed by atoms with Crippen molar-refractivity contribution in [2.45, 2.75) is 6.92 Å². The normalized spacial score (nSPS) is 10.4. The lowest BCUT2D eigenvalue weighted by Gasteiger charge is -2.26. The topological polar surface area (TPSA) is 49.4 Å². The van der Waals surface area contributed by atoms with Crippen molar-refractivity contribution >= 4 is 29.1 Å². The minimum Gasteiger partial charge on any atom is -0.857 e. The van der Waals surface area contributed by atoms with E-state index >= 15 is 0 Å². The second kappa shape index (κ2) is 9.86. The van der Waals surface area contributed by atoms with E-state index in [2.05, 4.69) is 36.4 Å². The molecular formula is C22H23O3P. The van der Waals surface area contributed by atoms with Gasteiger partial charge in [0.05, 0.1) is 0 Å². The Bertz CT molecular complexity index is 693. The first-order valence-electron chi connectivity index (χ1n) is 8.32. The highest BCUT2D eigenvalue weighted by atomic mass is 31.2. The molecule has 3 aromatic carbocycles. The molecule has 0 saturated heterocycles. The molecule has 0 amide bonds. The van der Waals surface area contributed by atoms with Crippen LogP contribution in [0.2, 0.25) is 0 Å². The van der Waals surface area contributed by atoms with E-state index in [1.165, 1.54) is 22.8 Å². The zero-order chi connectivity index (χ0) is 18.8. The van der Waals surface area contributed by atoms with Crippen LogP contribution in [0.15, 0.2) is 91.0 Å². The lowest BCUT2D eigenvalue weighted by atomic mass is 10.4. The largest absolute Gasteiger partial charge is 0.857 e. The molecule has 0 saturated carbocycles. The Morgan fingerprint density at radius 3 is 1.31 bits per heavy atom. The number of ether oxygens (including phenoxy) is 1. The number of carbonyl (C=O) groups excluding carboxylic acids is 1. The molecule has 0 aliphatic rings. The third-order valence-corrected chi connectivity index (χ3v) is 8.11. The molecule has 0 heterocycles. The Morgan fingerprint density at radius 1 is 0.731 bits per heavy atom. The van der Waals surface area contributed by atoms with Gasteiger partial charge in [-0.3, -0.25) is 4.79 Å². The maximum atomic E-state index is 11.6. The molecule has 4 heteroatoms. The predicted molar refractivity (Wildman–Crippen MR) is 108 cm³/mol. The van der Waals surface area contributed by atoms with Crippen LogP contribution in [-0.4, -0.2) is 19.4 Å². The number of rotatable bonds is 5. The summed E-state index contributed by atoms with van der Waals surface area (Å²) in [7, 11) is -1.30. The summed E-state index contributed by atoms with van der Waals surface area (Å²) in [5.74, 6) is -0.248. The maximum Gasteiger partial charge on any atom is 0.305 e. The highest BCUT2D eigenvalue weighted by molar-refractivity contribution is 7.95. The van der Waals surface area contributed by atoms with Gasteiger partial charge in [0.1, 0.15) is 15.9 Å². The highest BCUT2D eigenvalue weighted by Crippen LogP contribution is 2.55. The van der Waals surface area contributed by atoms with Gasteiger partial charge in [0.15, 0.2) is 7.26 Å². The Hall–Kier alpha value is -2.48. The smallest absolute Gasteiger partial charge is 0.305 e. The van der Waals surface area contributed by atoms with Crippen molar-refractivity contribution in [3.8, 4) is 0 Å². The summed E-state index contributed by atoms with van der Waals surface area (Å²) in [6, 6.07) is 31.1. The molecule has 0 aliphatic heterocycles. The first-order chi connectivity index (χ1) is 12.7. The van der Waals surface area contributed by atoms with Gasteiger partial charge >= 0.3 is 5.97 Å². The lowest BCUT2D eigenvalue weighted by Crippen LogP contribution is -2.34. The minimum absolute atomic E-state index is 0.248. The predicted octanol–water partition coefficient (Wildman–Crippen LogP) is 2.48. The SMILES string of the molecule is CC(=O)OC[P+](c1ccccc1)(c1ccccc1)c1ccccc1.C[O-]. The highest BCUT2D eigenvalue weighted by Gasteiger charge is 2.46. The van der Waals surface area contributed by atoms with E-state index in [0.29, 0.717) is 6.35 Å². The fraction of sp³-hybridized carbons (Fsp3) is 0.136. The fourth-order valence-electron chi connectivity index (χ4n) is 2.91. The van der Waals surface area contributed by atoms with E-state index < -0.39 is 7.26 Å². The van der Waals surface area contributed by atoms with Crippen LogP contribution in [-0.2, 0) is 9.53 Å². The van der Waals surface area contributed by atoms with Gasteiger partial charge in [0.25, 0.3) is 0 Å². The van der Waals surface area contributed by atoms with Gasteiger partial charge in [-0.1, -0.05) is 54.6 Å². The van der Waals surface area contributed by atoms with Crippen LogP contribution in [0.5, 0.6) is 0 Å². The van der Waals surface area contributed by atoms with Crippen molar-refractivity contribution in [2.24, 2.45) is 0 Å². The van der Waals surface area contributed by atoms with E-state index in [-0.39, 0.29) is 5.97 Å². The number of carbonyl (C=O) groups is 1. The number of hydrogen-bond donors (Lipinski definition) is 0. The fourth-order valence-corrected chi connectivity index (χ4v) is 6.67. The summed E-state index contributed by atoms with van der Waals surface area (Å²) in [6.07, 6.45) is 0.375. The van der Waals surface area contributed by atoms with Gasteiger partial charge in [-0.05, 0) is 36.4 Å². The van der Waals surface area contributed by atoms with Gasteiger partial charge in [-0.2, -0.15) is 7.11 Å². The number of esters is 1. The third kappa shape index (κ3) is 4.37. The van der Waals surface area contributed by atoms with Crippen molar-refractivity contribution in [1.82, 2.24) is 0 Å². The van der Waals surface area contributed by atoms with Crippen molar-refractivity contribution in [3.63, 3.8) is 0 Å². The van der Waals surface area contributed by atoms with Gasteiger partial charge in [-0.15, -0.1) is 0 Å². The molecule has 0 aromatic heterocycles. The molecule has 0 aliphatic carbocycles. The van der Waals surface area contributed by atoms with E-state index in [1.54, 1.807) is 0 Å². The van der Waals surface area contributed by atoms with Crippen LogP contribution >= 0.6 is 7.26 Å².